The van der Waals surface area contributed by atoms with Crippen molar-refractivity contribution in [1.29, 1.82) is 0 Å². The number of nitrogens with zero attached hydrogens (tertiary/aromatic N) is 2. The summed E-state index contributed by atoms with van der Waals surface area (Å²) in [4.78, 5) is 17.1. The number of amides is 1. The number of hydrogen-bond donors (Lipinski definition) is 2. The third kappa shape index (κ3) is 6.76. The number of carbonyl (C=O) groups is 1. The van der Waals surface area contributed by atoms with Gasteiger partial charge in [-0.2, -0.15) is 0 Å². The number of morpholine rings is 1. The molecule has 6 nitrogen and oxygen atoms in total. The van der Waals surface area contributed by atoms with Crippen LogP contribution in [0.3, 0.4) is 0 Å². The van der Waals surface area contributed by atoms with E-state index in [0.29, 0.717) is 24.7 Å². The van der Waals surface area contributed by atoms with Gasteiger partial charge in [-0.15, -0.1) is 0 Å². The zero-order chi connectivity index (χ0) is 23.0. The van der Waals surface area contributed by atoms with Crippen LogP contribution in [0, 0.1) is 12.7 Å². The normalized spacial score (nSPS) is 17.8. The maximum Gasteiger partial charge on any atom is 0.251 e. The maximum atomic E-state index is 13.5. The molecule has 0 aliphatic carbocycles. The van der Waals surface area contributed by atoms with Gasteiger partial charge in [-0.25, -0.2) is 4.39 Å². The predicted octanol–water partition coefficient (Wildman–Crippen LogP) is 2.95. The molecule has 0 radical (unpaired) electrons. The topological polar surface area (TPSA) is 56.8 Å². The standard InChI is InChI=1S/C26H35FN4O2/c1-20-2-5-23(27)18-22(20)19-29-24-8-11-31(12-9-24)25-6-3-21(4-7-25)26(32)28-10-13-30-14-16-33-17-15-30/h2-7,18,24,29H,8-17,19H2,1H3,(H,28,32). The molecule has 2 aliphatic heterocycles. The predicted molar refractivity (Wildman–Crippen MR) is 129 cm³/mol. The summed E-state index contributed by atoms with van der Waals surface area (Å²) in [5.41, 5.74) is 3.99. The fourth-order valence-electron chi connectivity index (χ4n) is 4.50. The van der Waals surface area contributed by atoms with E-state index in [-0.39, 0.29) is 11.7 Å². The van der Waals surface area contributed by atoms with E-state index in [1.807, 2.05) is 37.3 Å². The summed E-state index contributed by atoms with van der Waals surface area (Å²) >= 11 is 0. The van der Waals surface area contributed by atoms with Crippen LogP contribution in [0.2, 0.25) is 0 Å². The smallest absolute Gasteiger partial charge is 0.251 e. The Morgan fingerprint density at radius 1 is 1.06 bits per heavy atom. The molecule has 2 heterocycles. The van der Waals surface area contributed by atoms with Crippen molar-refractivity contribution in [2.45, 2.75) is 32.4 Å². The number of anilines is 1. The molecule has 2 aliphatic rings. The number of halogens is 1. The van der Waals surface area contributed by atoms with Crippen molar-refractivity contribution in [1.82, 2.24) is 15.5 Å². The van der Waals surface area contributed by atoms with E-state index in [0.717, 1.165) is 75.6 Å². The molecule has 0 atom stereocenters. The molecule has 2 N–H and O–H groups in total. The highest BCUT2D eigenvalue weighted by molar-refractivity contribution is 5.94. The lowest BCUT2D eigenvalue weighted by atomic mass is 10.0. The van der Waals surface area contributed by atoms with Crippen LogP contribution in [0.4, 0.5) is 10.1 Å². The van der Waals surface area contributed by atoms with Crippen molar-refractivity contribution in [3.63, 3.8) is 0 Å². The number of aryl methyl sites for hydroxylation is 1. The van der Waals surface area contributed by atoms with Gasteiger partial charge in [0.1, 0.15) is 5.82 Å². The Bertz CT molecular complexity index is 907. The van der Waals surface area contributed by atoms with Gasteiger partial charge in [-0.3, -0.25) is 9.69 Å². The number of piperidine rings is 1. The van der Waals surface area contributed by atoms with Gasteiger partial charge in [0.2, 0.25) is 0 Å². The molecule has 2 aromatic rings. The molecule has 0 spiro atoms. The number of hydrogen-bond acceptors (Lipinski definition) is 5. The van der Waals surface area contributed by atoms with Crippen molar-refractivity contribution in [2.24, 2.45) is 0 Å². The van der Waals surface area contributed by atoms with E-state index in [1.54, 1.807) is 6.07 Å². The minimum absolute atomic E-state index is 0.0228. The second-order valence-corrected chi connectivity index (χ2v) is 8.97. The van der Waals surface area contributed by atoms with Crippen LogP contribution >= 0.6 is 0 Å². The van der Waals surface area contributed by atoms with Crippen molar-refractivity contribution in [3.8, 4) is 0 Å². The average molecular weight is 455 g/mol. The van der Waals surface area contributed by atoms with Gasteiger partial charge in [0.15, 0.2) is 0 Å². The Morgan fingerprint density at radius 3 is 2.52 bits per heavy atom. The van der Waals surface area contributed by atoms with Crippen LogP contribution in [0.5, 0.6) is 0 Å². The van der Waals surface area contributed by atoms with Crippen molar-refractivity contribution in [3.05, 3.63) is 65.0 Å². The van der Waals surface area contributed by atoms with Crippen LogP contribution in [0.15, 0.2) is 42.5 Å². The van der Waals surface area contributed by atoms with Gasteiger partial charge in [-0.05, 0) is 67.3 Å². The van der Waals surface area contributed by atoms with Gasteiger partial charge in [0.05, 0.1) is 13.2 Å². The number of rotatable bonds is 8. The first-order chi connectivity index (χ1) is 16.1. The summed E-state index contributed by atoms with van der Waals surface area (Å²) in [6.07, 6.45) is 2.08. The van der Waals surface area contributed by atoms with E-state index in [4.69, 9.17) is 4.74 Å². The first-order valence-electron chi connectivity index (χ1n) is 12.0. The van der Waals surface area contributed by atoms with E-state index in [2.05, 4.69) is 20.4 Å². The van der Waals surface area contributed by atoms with Crippen LogP contribution < -0.4 is 15.5 Å². The molecule has 2 saturated heterocycles. The second-order valence-electron chi connectivity index (χ2n) is 8.97. The van der Waals surface area contributed by atoms with E-state index in [9.17, 15) is 9.18 Å². The highest BCUT2D eigenvalue weighted by atomic mass is 19.1. The third-order valence-corrected chi connectivity index (χ3v) is 6.70. The Kier molecular flexibility index (Phi) is 8.31. The molecule has 0 bridgehead atoms. The van der Waals surface area contributed by atoms with Crippen molar-refractivity contribution in [2.75, 3.05) is 57.4 Å². The zero-order valence-electron chi connectivity index (χ0n) is 19.5. The zero-order valence-corrected chi connectivity index (χ0v) is 19.5. The SMILES string of the molecule is Cc1ccc(F)cc1CNC1CCN(c2ccc(C(=O)NCCN3CCOCC3)cc2)CC1. The lowest BCUT2D eigenvalue weighted by Gasteiger charge is -2.34. The number of nitrogens with one attached hydrogen (secondary N) is 2. The summed E-state index contributed by atoms with van der Waals surface area (Å²) in [6, 6.07) is 13.3. The molecule has 178 valence electrons. The largest absolute Gasteiger partial charge is 0.379 e. The molecule has 0 unspecified atom stereocenters. The Hall–Kier alpha value is -2.48. The van der Waals surface area contributed by atoms with Crippen LogP contribution in [0.1, 0.15) is 34.3 Å². The number of carbonyl (C=O) groups excluding carboxylic acids is 1. The third-order valence-electron chi connectivity index (χ3n) is 6.70. The van der Waals surface area contributed by atoms with Gasteiger partial charge in [-0.1, -0.05) is 6.07 Å². The van der Waals surface area contributed by atoms with Crippen LogP contribution in [-0.4, -0.2) is 69.3 Å². The van der Waals surface area contributed by atoms with Gasteiger partial charge in [0, 0.05) is 63.1 Å². The fraction of sp³-hybridized carbons (Fsp3) is 0.500. The van der Waals surface area contributed by atoms with Crippen LogP contribution in [-0.2, 0) is 11.3 Å². The summed E-state index contributed by atoms with van der Waals surface area (Å²) in [7, 11) is 0. The number of benzene rings is 2. The maximum absolute atomic E-state index is 13.5. The summed E-state index contributed by atoms with van der Waals surface area (Å²) in [5.74, 6) is -0.202. The minimum Gasteiger partial charge on any atom is -0.379 e. The van der Waals surface area contributed by atoms with Gasteiger partial charge in [0.25, 0.3) is 5.91 Å². The van der Waals surface area contributed by atoms with Crippen molar-refractivity contribution >= 4 is 11.6 Å². The fourth-order valence-corrected chi connectivity index (χ4v) is 4.50. The second kappa shape index (κ2) is 11.6. The quantitative estimate of drug-likeness (QED) is 0.642. The summed E-state index contributed by atoms with van der Waals surface area (Å²) < 4.78 is 18.9. The van der Waals surface area contributed by atoms with E-state index < -0.39 is 0 Å². The summed E-state index contributed by atoms with van der Waals surface area (Å²) in [6.45, 7) is 9.56. The highest BCUT2D eigenvalue weighted by Crippen LogP contribution is 2.21. The lowest BCUT2D eigenvalue weighted by molar-refractivity contribution is 0.0383. The molecule has 33 heavy (non-hydrogen) atoms. The van der Waals surface area contributed by atoms with Gasteiger partial charge >= 0.3 is 0 Å². The van der Waals surface area contributed by atoms with E-state index in [1.165, 1.54) is 6.07 Å². The van der Waals surface area contributed by atoms with Crippen molar-refractivity contribution < 1.29 is 13.9 Å². The Balaban J connectivity index is 1.19. The van der Waals surface area contributed by atoms with Gasteiger partial charge < -0.3 is 20.3 Å². The molecular formula is C26H35FN4O2. The van der Waals surface area contributed by atoms with E-state index >= 15 is 0 Å². The first-order valence-corrected chi connectivity index (χ1v) is 12.0. The highest BCUT2D eigenvalue weighted by Gasteiger charge is 2.20. The minimum atomic E-state index is -0.179. The number of ether oxygens (including phenoxy) is 1. The summed E-state index contributed by atoms with van der Waals surface area (Å²) in [5, 5.41) is 6.61. The first kappa shape index (κ1) is 23.7. The molecular weight excluding hydrogens is 419 g/mol. The molecule has 0 saturated carbocycles. The molecule has 0 aromatic heterocycles. The monoisotopic (exact) mass is 454 g/mol. The Morgan fingerprint density at radius 2 is 1.79 bits per heavy atom. The Labute approximate surface area is 196 Å². The molecule has 2 fully saturated rings. The molecule has 4 rings (SSSR count). The van der Waals surface area contributed by atoms with Crippen LogP contribution in [0.25, 0.3) is 0 Å². The lowest BCUT2D eigenvalue weighted by Crippen LogP contribution is -2.42. The molecule has 1 amide bonds. The molecule has 7 heteroatoms. The molecule has 2 aromatic carbocycles. The average Bonchev–Trinajstić information content (AvgIpc) is 2.85.